The van der Waals surface area contributed by atoms with Crippen molar-refractivity contribution < 1.29 is 14.3 Å². The molecule has 0 heterocycles. The van der Waals surface area contributed by atoms with Crippen molar-refractivity contribution in [3.05, 3.63) is 63.1 Å². The average molecular weight is 472 g/mol. The van der Waals surface area contributed by atoms with Crippen LogP contribution < -0.4 is 10.1 Å². The van der Waals surface area contributed by atoms with Gasteiger partial charge in [0, 0.05) is 17.6 Å². The Hall–Kier alpha value is -1.95. The van der Waals surface area contributed by atoms with Gasteiger partial charge in [0.2, 0.25) is 5.91 Å². The number of carbonyl (C=O) groups excluding carboxylic acids is 2. The maximum Gasteiger partial charge on any atom is 0.261 e. The molecule has 0 aromatic heterocycles. The number of hydrogen-bond acceptors (Lipinski definition) is 3. The van der Waals surface area contributed by atoms with Crippen LogP contribution in [-0.2, 0) is 16.1 Å². The number of hydrogen-bond donors (Lipinski definition) is 1. The van der Waals surface area contributed by atoms with Crippen LogP contribution in [0.1, 0.15) is 32.8 Å². The maximum absolute atomic E-state index is 13.1. The molecule has 0 aliphatic carbocycles. The molecule has 2 rings (SSSR count). The summed E-state index contributed by atoms with van der Waals surface area (Å²) >= 11 is 18.1. The molecule has 0 aliphatic heterocycles. The van der Waals surface area contributed by atoms with Gasteiger partial charge in [0.15, 0.2) is 6.61 Å². The summed E-state index contributed by atoms with van der Waals surface area (Å²) in [7, 11) is 0. The maximum atomic E-state index is 13.1. The van der Waals surface area contributed by atoms with E-state index in [4.69, 9.17) is 39.5 Å². The Morgan fingerprint density at radius 3 is 2.40 bits per heavy atom. The van der Waals surface area contributed by atoms with E-state index in [9.17, 15) is 9.59 Å². The van der Waals surface area contributed by atoms with Gasteiger partial charge in [-0.15, -0.1) is 0 Å². The minimum atomic E-state index is -0.655. The molecule has 0 aliphatic rings. The summed E-state index contributed by atoms with van der Waals surface area (Å²) in [5.74, 6) is -0.0690. The first-order chi connectivity index (χ1) is 14.2. The van der Waals surface area contributed by atoms with Gasteiger partial charge in [0.1, 0.15) is 11.8 Å². The zero-order valence-electron chi connectivity index (χ0n) is 17.1. The number of halogens is 3. The fourth-order valence-electron chi connectivity index (χ4n) is 2.92. The highest BCUT2D eigenvalue weighted by atomic mass is 35.5. The Balaban J connectivity index is 2.24. The van der Waals surface area contributed by atoms with Gasteiger partial charge >= 0.3 is 0 Å². The number of benzene rings is 2. The van der Waals surface area contributed by atoms with Crippen LogP contribution in [0, 0.1) is 0 Å². The van der Waals surface area contributed by atoms with E-state index in [0.717, 1.165) is 5.56 Å². The van der Waals surface area contributed by atoms with Crippen LogP contribution in [0.2, 0.25) is 15.1 Å². The number of nitrogens with zero attached hydrogens (tertiary/aromatic N) is 1. The van der Waals surface area contributed by atoms with E-state index < -0.39 is 6.04 Å². The zero-order chi connectivity index (χ0) is 22.3. The monoisotopic (exact) mass is 470 g/mol. The van der Waals surface area contributed by atoms with Crippen LogP contribution in [0.3, 0.4) is 0 Å². The summed E-state index contributed by atoms with van der Waals surface area (Å²) in [5, 5.41) is 4.20. The molecule has 30 heavy (non-hydrogen) atoms. The third-order valence-corrected chi connectivity index (χ3v) is 5.29. The van der Waals surface area contributed by atoms with Crippen LogP contribution in [0.25, 0.3) is 0 Å². The fraction of sp³-hybridized carbons (Fsp3) is 0.364. The molecule has 2 aromatic rings. The minimum absolute atomic E-state index is 0.0452. The second-order valence-electron chi connectivity index (χ2n) is 7.10. The molecule has 0 bridgehead atoms. The Kier molecular flexibility index (Phi) is 9.28. The molecular formula is C22H25Cl3N2O3. The molecular weight excluding hydrogens is 447 g/mol. The molecule has 2 amide bonds. The SMILES string of the molecule is CC[C@@H](C(=O)NC(C)C)N(Cc1ccc(Cl)c(Cl)c1)C(=O)COc1cccc(Cl)c1. The van der Waals surface area contributed by atoms with Crippen molar-refractivity contribution in [2.75, 3.05) is 6.61 Å². The summed E-state index contributed by atoms with van der Waals surface area (Å²) < 4.78 is 5.61. The molecule has 1 atom stereocenters. The minimum Gasteiger partial charge on any atom is -0.484 e. The van der Waals surface area contributed by atoms with E-state index in [2.05, 4.69) is 5.32 Å². The third-order valence-electron chi connectivity index (χ3n) is 4.31. The molecule has 0 radical (unpaired) electrons. The van der Waals surface area contributed by atoms with Crippen molar-refractivity contribution in [2.24, 2.45) is 0 Å². The van der Waals surface area contributed by atoms with Crippen molar-refractivity contribution in [2.45, 2.75) is 45.8 Å². The van der Waals surface area contributed by atoms with Gasteiger partial charge in [-0.05, 0) is 56.2 Å². The molecule has 5 nitrogen and oxygen atoms in total. The number of amides is 2. The van der Waals surface area contributed by atoms with Gasteiger partial charge < -0.3 is 15.0 Å². The smallest absolute Gasteiger partial charge is 0.261 e. The third kappa shape index (κ3) is 7.08. The molecule has 2 aromatic carbocycles. The Morgan fingerprint density at radius 2 is 1.80 bits per heavy atom. The number of ether oxygens (including phenoxy) is 1. The quantitative estimate of drug-likeness (QED) is 0.536. The van der Waals surface area contributed by atoms with Crippen LogP contribution in [-0.4, -0.2) is 35.4 Å². The van der Waals surface area contributed by atoms with Gasteiger partial charge in [-0.25, -0.2) is 0 Å². The number of carbonyl (C=O) groups is 2. The lowest BCUT2D eigenvalue weighted by molar-refractivity contribution is -0.143. The summed E-state index contributed by atoms with van der Waals surface area (Å²) in [6.07, 6.45) is 0.447. The van der Waals surface area contributed by atoms with Crippen LogP contribution in [0.5, 0.6) is 5.75 Å². The summed E-state index contributed by atoms with van der Waals surface area (Å²) in [4.78, 5) is 27.3. The highest BCUT2D eigenvalue weighted by Crippen LogP contribution is 2.24. The van der Waals surface area contributed by atoms with Crippen LogP contribution in [0.4, 0.5) is 0 Å². The van der Waals surface area contributed by atoms with Crippen molar-refractivity contribution in [1.29, 1.82) is 0 Å². The van der Waals surface area contributed by atoms with Crippen LogP contribution in [0.15, 0.2) is 42.5 Å². The van der Waals surface area contributed by atoms with Gasteiger partial charge in [-0.2, -0.15) is 0 Å². The van der Waals surface area contributed by atoms with Gasteiger partial charge in [0.05, 0.1) is 10.0 Å². The molecule has 0 spiro atoms. The predicted molar refractivity (Wildman–Crippen MR) is 121 cm³/mol. The Bertz CT molecular complexity index is 890. The lowest BCUT2D eigenvalue weighted by atomic mass is 10.1. The topological polar surface area (TPSA) is 58.6 Å². The molecule has 0 fully saturated rings. The Labute approximate surface area is 192 Å². The highest BCUT2D eigenvalue weighted by Gasteiger charge is 2.29. The van der Waals surface area contributed by atoms with Crippen LogP contribution >= 0.6 is 34.8 Å². The summed E-state index contributed by atoms with van der Waals surface area (Å²) in [6, 6.07) is 11.2. The first kappa shape index (κ1) is 24.3. The lowest BCUT2D eigenvalue weighted by Crippen LogP contribution is -2.51. The summed E-state index contributed by atoms with van der Waals surface area (Å²) in [6.45, 7) is 5.57. The first-order valence-corrected chi connectivity index (χ1v) is 10.8. The summed E-state index contributed by atoms with van der Waals surface area (Å²) in [5.41, 5.74) is 0.760. The van der Waals surface area contributed by atoms with E-state index in [1.165, 1.54) is 4.90 Å². The second-order valence-corrected chi connectivity index (χ2v) is 8.35. The molecule has 0 saturated carbocycles. The van der Waals surface area contributed by atoms with E-state index in [1.807, 2.05) is 20.8 Å². The second kappa shape index (κ2) is 11.4. The molecule has 162 valence electrons. The van der Waals surface area contributed by atoms with Crippen molar-refractivity contribution in [3.63, 3.8) is 0 Å². The standard InChI is InChI=1S/C22H25Cl3N2O3/c1-4-20(22(29)26-14(2)3)27(12-15-8-9-18(24)19(25)10-15)21(28)13-30-17-7-5-6-16(23)11-17/h5-11,14,20H,4,12-13H2,1-3H3,(H,26,29)/t20-/m0/s1. The molecule has 0 saturated heterocycles. The van der Waals surface area contributed by atoms with Gasteiger partial charge in [-0.3, -0.25) is 9.59 Å². The fourth-order valence-corrected chi connectivity index (χ4v) is 3.42. The van der Waals surface area contributed by atoms with E-state index >= 15 is 0 Å². The lowest BCUT2D eigenvalue weighted by Gasteiger charge is -2.31. The molecule has 8 heteroatoms. The van der Waals surface area contributed by atoms with Gasteiger partial charge in [-0.1, -0.05) is 53.9 Å². The predicted octanol–water partition coefficient (Wildman–Crippen LogP) is 5.36. The van der Waals surface area contributed by atoms with E-state index in [0.29, 0.717) is 27.2 Å². The molecule has 1 N–H and O–H groups in total. The van der Waals surface area contributed by atoms with Gasteiger partial charge in [0.25, 0.3) is 5.91 Å². The van der Waals surface area contributed by atoms with E-state index in [1.54, 1.807) is 42.5 Å². The van der Waals surface area contributed by atoms with Crippen molar-refractivity contribution in [3.8, 4) is 5.75 Å². The number of rotatable bonds is 9. The largest absolute Gasteiger partial charge is 0.484 e. The Morgan fingerprint density at radius 1 is 1.07 bits per heavy atom. The highest BCUT2D eigenvalue weighted by molar-refractivity contribution is 6.42. The average Bonchev–Trinajstić information content (AvgIpc) is 2.68. The first-order valence-electron chi connectivity index (χ1n) is 9.63. The van der Waals surface area contributed by atoms with Crippen molar-refractivity contribution >= 4 is 46.6 Å². The normalized spacial score (nSPS) is 11.8. The van der Waals surface area contributed by atoms with Crippen molar-refractivity contribution in [1.82, 2.24) is 10.2 Å². The zero-order valence-corrected chi connectivity index (χ0v) is 19.4. The number of nitrogens with one attached hydrogen (secondary N) is 1. The molecule has 0 unspecified atom stereocenters. The van der Waals surface area contributed by atoms with E-state index in [-0.39, 0.29) is 31.0 Å².